The van der Waals surface area contributed by atoms with E-state index in [-0.39, 0.29) is 0 Å². The smallest absolute Gasteiger partial charge is 0.0406 e. The molecule has 0 aliphatic rings. The fourth-order valence-corrected chi connectivity index (χ4v) is 1.20. The van der Waals surface area contributed by atoms with Gasteiger partial charge in [-0.3, -0.25) is 4.98 Å². The number of hydrogen-bond donors (Lipinski definition) is 0. The molecule has 0 saturated carbocycles. The van der Waals surface area contributed by atoms with Crippen LogP contribution in [0.4, 0.5) is 0 Å². The molecule has 0 spiro atoms. The van der Waals surface area contributed by atoms with E-state index in [0.29, 0.717) is 10.7 Å². The zero-order chi connectivity index (χ0) is 8.97. The Hall–Kier alpha value is -0.370. The second-order valence-electron chi connectivity index (χ2n) is 3.18. The van der Waals surface area contributed by atoms with Gasteiger partial charge in [0.05, 0.1) is 0 Å². The second-order valence-corrected chi connectivity index (χ2v) is 4.62. The number of alkyl halides is 1. The van der Waals surface area contributed by atoms with Crippen LogP contribution in [0.25, 0.3) is 0 Å². The van der Waals surface area contributed by atoms with Crippen molar-refractivity contribution in [3.63, 3.8) is 0 Å². The van der Waals surface area contributed by atoms with Gasteiger partial charge < -0.3 is 0 Å². The van der Waals surface area contributed by atoms with Crippen molar-refractivity contribution in [3.05, 3.63) is 30.1 Å². The molecule has 0 saturated heterocycles. The molecule has 1 aromatic heterocycles. The monoisotopic (exact) mass is 227 g/mol. The largest absolute Gasteiger partial charge is 0.261 e. The van der Waals surface area contributed by atoms with Crippen LogP contribution in [0.2, 0.25) is 0 Å². The molecule has 0 fully saturated rings. The summed E-state index contributed by atoms with van der Waals surface area (Å²) in [5.74, 6) is 0.639. The Balaban J connectivity index is 2.53. The fraction of sp³-hybridized carbons (Fsp3) is 0.500. The third-order valence-corrected chi connectivity index (χ3v) is 2.94. The Kier molecular flexibility index (Phi) is 3.73. The minimum atomic E-state index is 0.555. The van der Waals surface area contributed by atoms with E-state index in [1.54, 1.807) is 0 Å². The zero-order valence-electron chi connectivity index (χ0n) is 7.50. The maximum absolute atomic E-state index is 4.28. The molecule has 12 heavy (non-hydrogen) atoms. The van der Waals surface area contributed by atoms with Gasteiger partial charge in [-0.05, 0) is 24.5 Å². The lowest BCUT2D eigenvalue weighted by Gasteiger charge is -2.12. The molecule has 0 aromatic carbocycles. The van der Waals surface area contributed by atoms with E-state index in [4.69, 9.17) is 0 Å². The molecule has 1 nitrogen and oxygen atoms in total. The van der Waals surface area contributed by atoms with Crippen LogP contribution in [0.1, 0.15) is 19.5 Å². The lowest BCUT2D eigenvalue weighted by molar-refractivity contribution is 0.573. The Labute approximate surface area is 82.3 Å². The molecule has 1 heterocycles. The zero-order valence-corrected chi connectivity index (χ0v) is 9.08. The second kappa shape index (κ2) is 4.61. The molecule has 0 amide bonds. The molecule has 0 bridgehead atoms. The van der Waals surface area contributed by atoms with Crippen LogP contribution < -0.4 is 0 Å². The van der Waals surface area contributed by atoms with Crippen LogP contribution in [-0.2, 0) is 6.42 Å². The van der Waals surface area contributed by atoms with E-state index >= 15 is 0 Å². The first-order valence-electron chi connectivity index (χ1n) is 4.24. The molecule has 0 radical (unpaired) electrons. The molecule has 66 valence electrons. The van der Waals surface area contributed by atoms with Gasteiger partial charge in [0, 0.05) is 16.7 Å². The van der Waals surface area contributed by atoms with Crippen molar-refractivity contribution in [1.29, 1.82) is 0 Å². The fourth-order valence-electron chi connectivity index (χ4n) is 1.01. The highest BCUT2D eigenvalue weighted by atomic mass is 79.9. The highest BCUT2D eigenvalue weighted by Gasteiger charge is 2.09. The maximum Gasteiger partial charge on any atom is 0.0406 e. The van der Waals surface area contributed by atoms with Gasteiger partial charge in [0.1, 0.15) is 0 Å². The number of rotatable bonds is 3. The summed E-state index contributed by atoms with van der Waals surface area (Å²) in [5.41, 5.74) is 1.18. The SMILES string of the molecule is CC(Br)C(C)Cc1ccccn1. The van der Waals surface area contributed by atoms with Crippen LogP contribution in [0.5, 0.6) is 0 Å². The van der Waals surface area contributed by atoms with Crippen molar-refractivity contribution in [1.82, 2.24) is 4.98 Å². The number of halogens is 1. The summed E-state index contributed by atoms with van der Waals surface area (Å²) < 4.78 is 0. The number of hydrogen-bond acceptors (Lipinski definition) is 1. The van der Waals surface area contributed by atoms with Gasteiger partial charge in [-0.15, -0.1) is 0 Å². The predicted molar refractivity (Wildman–Crippen MR) is 55.5 cm³/mol. The molecular weight excluding hydrogens is 214 g/mol. The van der Waals surface area contributed by atoms with Crippen LogP contribution in [0, 0.1) is 5.92 Å². The Morgan fingerprint density at radius 3 is 2.67 bits per heavy atom. The van der Waals surface area contributed by atoms with E-state index in [9.17, 15) is 0 Å². The molecule has 1 aromatic rings. The van der Waals surface area contributed by atoms with Crippen molar-refractivity contribution < 1.29 is 0 Å². The molecule has 1 rings (SSSR count). The van der Waals surface area contributed by atoms with Crippen molar-refractivity contribution >= 4 is 15.9 Å². The van der Waals surface area contributed by atoms with E-state index in [1.807, 2.05) is 18.3 Å². The average Bonchev–Trinajstić information content (AvgIpc) is 2.06. The number of pyridine rings is 1. The first kappa shape index (κ1) is 9.72. The topological polar surface area (TPSA) is 12.9 Å². The van der Waals surface area contributed by atoms with E-state index in [1.165, 1.54) is 5.69 Å². The molecule has 2 heteroatoms. The summed E-state index contributed by atoms with van der Waals surface area (Å²) in [7, 11) is 0. The predicted octanol–water partition coefficient (Wildman–Crippen LogP) is 3.04. The van der Waals surface area contributed by atoms with Crippen LogP contribution in [0.15, 0.2) is 24.4 Å². The number of nitrogens with zero attached hydrogens (tertiary/aromatic N) is 1. The van der Waals surface area contributed by atoms with E-state index in [0.717, 1.165) is 6.42 Å². The van der Waals surface area contributed by atoms with Gasteiger partial charge in [-0.1, -0.05) is 35.8 Å². The van der Waals surface area contributed by atoms with Gasteiger partial charge in [0.2, 0.25) is 0 Å². The molecule has 0 N–H and O–H groups in total. The molecular formula is C10H14BrN. The van der Waals surface area contributed by atoms with Gasteiger partial charge in [-0.25, -0.2) is 0 Å². The normalized spacial score (nSPS) is 15.6. The number of aromatic nitrogens is 1. The Bertz CT molecular complexity index is 221. The lowest BCUT2D eigenvalue weighted by Crippen LogP contribution is -2.10. The molecule has 2 atom stereocenters. The highest BCUT2D eigenvalue weighted by molar-refractivity contribution is 9.09. The van der Waals surface area contributed by atoms with Crippen LogP contribution in [-0.4, -0.2) is 9.81 Å². The third-order valence-electron chi connectivity index (χ3n) is 2.04. The molecule has 0 aliphatic heterocycles. The molecule has 2 unspecified atom stereocenters. The Morgan fingerprint density at radius 1 is 1.42 bits per heavy atom. The minimum Gasteiger partial charge on any atom is -0.261 e. The maximum atomic E-state index is 4.28. The van der Waals surface area contributed by atoms with Crippen molar-refractivity contribution in [2.24, 2.45) is 5.92 Å². The molecule has 0 aliphatic carbocycles. The Morgan fingerprint density at radius 2 is 2.17 bits per heavy atom. The first-order valence-corrected chi connectivity index (χ1v) is 5.15. The van der Waals surface area contributed by atoms with Crippen LogP contribution in [0.3, 0.4) is 0 Å². The summed E-state index contributed by atoms with van der Waals surface area (Å²) in [6.07, 6.45) is 2.90. The van der Waals surface area contributed by atoms with E-state index in [2.05, 4.69) is 40.8 Å². The van der Waals surface area contributed by atoms with E-state index < -0.39 is 0 Å². The van der Waals surface area contributed by atoms with Gasteiger partial charge in [-0.2, -0.15) is 0 Å². The quantitative estimate of drug-likeness (QED) is 0.724. The average molecular weight is 228 g/mol. The summed E-state index contributed by atoms with van der Waals surface area (Å²) in [6.45, 7) is 4.40. The lowest BCUT2D eigenvalue weighted by atomic mass is 10.0. The van der Waals surface area contributed by atoms with Crippen molar-refractivity contribution in [2.75, 3.05) is 0 Å². The summed E-state index contributed by atoms with van der Waals surface area (Å²) in [4.78, 5) is 4.84. The van der Waals surface area contributed by atoms with Gasteiger partial charge >= 0.3 is 0 Å². The van der Waals surface area contributed by atoms with Gasteiger partial charge in [0.25, 0.3) is 0 Å². The van der Waals surface area contributed by atoms with Gasteiger partial charge in [0.15, 0.2) is 0 Å². The van der Waals surface area contributed by atoms with Crippen LogP contribution >= 0.6 is 15.9 Å². The van der Waals surface area contributed by atoms with Crippen molar-refractivity contribution in [3.8, 4) is 0 Å². The summed E-state index contributed by atoms with van der Waals surface area (Å²) in [6, 6.07) is 6.06. The first-order chi connectivity index (χ1) is 5.70. The highest BCUT2D eigenvalue weighted by Crippen LogP contribution is 2.15. The summed E-state index contributed by atoms with van der Waals surface area (Å²) in [5, 5.41) is 0. The summed E-state index contributed by atoms with van der Waals surface area (Å²) >= 11 is 3.57. The standard InChI is InChI=1S/C10H14BrN/c1-8(9(2)11)7-10-5-3-4-6-12-10/h3-6,8-9H,7H2,1-2H3. The minimum absolute atomic E-state index is 0.555. The third kappa shape index (κ3) is 2.94. The van der Waals surface area contributed by atoms with Crippen molar-refractivity contribution in [2.45, 2.75) is 25.1 Å².